The van der Waals surface area contributed by atoms with Gasteiger partial charge in [-0.3, -0.25) is 14.4 Å². The van der Waals surface area contributed by atoms with E-state index < -0.39 is 5.60 Å². The molecule has 4 aliphatic rings. The van der Waals surface area contributed by atoms with Gasteiger partial charge in [0.15, 0.2) is 17.2 Å². The number of carbonyl (C=O) groups is 3. The Bertz CT molecular complexity index is 826. The van der Waals surface area contributed by atoms with Crippen molar-refractivity contribution in [3.63, 3.8) is 0 Å². The highest BCUT2D eigenvalue weighted by Gasteiger charge is 2.67. The summed E-state index contributed by atoms with van der Waals surface area (Å²) in [6, 6.07) is 0. The van der Waals surface area contributed by atoms with Crippen LogP contribution in [0, 0.1) is 28.6 Å². The lowest BCUT2D eigenvalue weighted by atomic mass is 9.48. The third kappa shape index (κ3) is 2.50. The van der Waals surface area contributed by atoms with Crippen molar-refractivity contribution in [1.29, 1.82) is 0 Å². The predicted molar refractivity (Wildman–Crippen MR) is 110 cm³/mol. The van der Waals surface area contributed by atoms with Crippen LogP contribution in [0.1, 0.15) is 66.2 Å². The van der Waals surface area contributed by atoms with E-state index in [2.05, 4.69) is 35.9 Å². The maximum atomic E-state index is 12.8. The summed E-state index contributed by atoms with van der Waals surface area (Å²) in [6.07, 6.45) is 8.94. The molecule has 6 atom stereocenters. The van der Waals surface area contributed by atoms with Crippen LogP contribution in [-0.2, 0) is 19.1 Å². The molecule has 0 spiro atoms. The molecule has 0 bridgehead atoms. The average Bonchev–Trinajstić information content (AvgIpc) is 2.90. The number of allylic oxidation sites excluding steroid dienone is 4. The quantitative estimate of drug-likeness (QED) is 0.563. The number of hydrogen-bond donors (Lipinski definition) is 0. The Hall–Kier alpha value is -1.23. The molecule has 0 saturated heterocycles. The van der Waals surface area contributed by atoms with Crippen LogP contribution in [0.15, 0.2) is 22.2 Å². The number of carbonyl (C=O) groups excluding carboxylic acids is 3. The fourth-order valence-electron chi connectivity index (χ4n) is 7.13. The van der Waals surface area contributed by atoms with Crippen LogP contribution in [0.2, 0.25) is 0 Å². The van der Waals surface area contributed by atoms with Crippen molar-refractivity contribution in [3.05, 3.63) is 22.2 Å². The van der Waals surface area contributed by atoms with Crippen LogP contribution in [0.4, 0.5) is 0 Å². The van der Waals surface area contributed by atoms with E-state index in [1.807, 2.05) is 6.08 Å². The largest absolute Gasteiger partial charge is 0.451 e. The fraction of sp³-hybridized carbons (Fsp3) is 0.696. The number of halogens is 1. The first-order valence-corrected chi connectivity index (χ1v) is 11.2. The molecule has 0 radical (unpaired) electrons. The van der Waals surface area contributed by atoms with Gasteiger partial charge >= 0.3 is 5.97 Å². The summed E-state index contributed by atoms with van der Waals surface area (Å²) in [5.74, 6) is 0.871. The first kappa shape index (κ1) is 20.1. The van der Waals surface area contributed by atoms with E-state index in [9.17, 15) is 14.4 Å². The van der Waals surface area contributed by atoms with Gasteiger partial charge in [0.2, 0.25) is 0 Å². The second-order valence-corrected chi connectivity index (χ2v) is 10.6. The maximum absolute atomic E-state index is 12.8. The van der Waals surface area contributed by atoms with Crippen LogP contribution in [0.5, 0.6) is 0 Å². The van der Waals surface area contributed by atoms with Crippen LogP contribution >= 0.6 is 15.9 Å². The molecule has 0 N–H and O–H groups in total. The standard InChI is InChI=1S/C23H29BrO4/c1-13(25)23(28-14(2)26)10-7-18-16-12-20(24)19-11-15(27)5-8-21(19,3)17(16)6-9-22(18,23)4/h11-12,16-18H,5-10H2,1-4H3. The number of hydrogen-bond acceptors (Lipinski definition) is 4. The van der Waals surface area contributed by atoms with Crippen molar-refractivity contribution in [1.82, 2.24) is 0 Å². The Kier molecular flexibility index (Phi) is 4.57. The highest BCUT2D eigenvalue weighted by molar-refractivity contribution is 9.12. The molecule has 4 nitrogen and oxygen atoms in total. The normalized spacial score (nSPS) is 44.6. The van der Waals surface area contributed by atoms with E-state index >= 15 is 0 Å². The van der Waals surface area contributed by atoms with Crippen LogP contribution in [-0.4, -0.2) is 23.1 Å². The molecular weight excluding hydrogens is 420 g/mol. The molecule has 0 aromatic rings. The Balaban J connectivity index is 1.79. The summed E-state index contributed by atoms with van der Waals surface area (Å²) in [6.45, 7) is 7.44. The number of rotatable bonds is 2. The molecule has 0 aromatic carbocycles. The van der Waals surface area contributed by atoms with Gasteiger partial charge < -0.3 is 4.74 Å². The van der Waals surface area contributed by atoms with E-state index in [0.717, 1.165) is 35.7 Å². The van der Waals surface area contributed by atoms with Crippen molar-refractivity contribution < 1.29 is 19.1 Å². The Morgan fingerprint density at radius 1 is 1.11 bits per heavy atom. The summed E-state index contributed by atoms with van der Waals surface area (Å²) in [4.78, 5) is 36.7. The number of ketones is 2. The summed E-state index contributed by atoms with van der Waals surface area (Å²) in [7, 11) is 0. The van der Waals surface area contributed by atoms with Gasteiger partial charge in [0.25, 0.3) is 0 Å². The van der Waals surface area contributed by atoms with Crippen molar-refractivity contribution >= 4 is 33.5 Å². The SMILES string of the molecule is CC(=O)OC1(C(C)=O)CCC2C3C=C(Br)C4=CC(=O)CCC4(C)C3CCC21C. The number of ether oxygens (including phenoxy) is 1. The van der Waals surface area contributed by atoms with Gasteiger partial charge in [-0.1, -0.05) is 35.9 Å². The molecule has 2 fully saturated rings. The zero-order valence-electron chi connectivity index (χ0n) is 17.1. The highest BCUT2D eigenvalue weighted by atomic mass is 79.9. The molecule has 5 heteroatoms. The van der Waals surface area contributed by atoms with E-state index in [-0.39, 0.29) is 34.3 Å². The summed E-state index contributed by atoms with van der Waals surface area (Å²) >= 11 is 3.76. The molecule has 0 heterocycles. The lowest BCUT2D eigenvalue weighted by molar-refractivity contribution is -0.185. The Morgan fingerprint density at radius 3 is 2.43 bits per heavy atom. The molecule has 0 amide bonds. The van der Waals surface area contributed by atoms with Crippen LogP contribution < -0.4 is 0 Å². The van der Waals surface area contributed by atoms with E-state index in [1.54, 1.807) is 6.92 Å². The zero-order chi connectivity index (χ0) is 20.5. The Morgan fingerprint density at radius 2 is 1.79 bits per heavy atom. The predicted octanol–water partition coefficient (Wildman–Crippen LogP) is 4.91. The Labute approximate surface area is 175 Å². The third-order valence-electron chi connectivity index (χ3n) is 8.56. The first-order valence-electron chi connectivity index (χ1n) is 10.4. The lowest BCUT2D eigenvalue weighted by Gasteiger charge is -2.57. The minimum absolute atomic E-state index is 0.0175. The number of esters is 1. The van der Waals surface area contributed by atoms with Gasteiger partial charge in [-0.2, -0.15) is 0 Å². The third-order valence-corrected chi connectivity index (χ3v) is 9.26. The monoisotopic (exact) mass is 448 g/mol. The highest BCUT2D eigenvalue weighted by Crippen LogP contribution is 2.68. The van der Waals surface area contributed by atoms with Crippen LogP contribution in [0.25, 0.3) is 0 Å². The summed E-state index contributed by atoms with van der Waals surface area (Å²) in [5, 5.41) is 0. The van der Waals surface area contributed by atoms with Gasteiger partial charge in [0, 0.05) is 23.2 Å². The van der Waals surface area contributed by atoms with Gasteiger partial charge in [-0.25, -0.2) is 0 Å². The first-order chi connectivity index (χ1) is 13.0. The molecule has 4 aliphatic carbocycles. The molecule has 6 unspecified atom stereocenters. The molecule has 28 heavy (non-hydrogen) atoms. The van der Waals surface area contributed by atoms with E-state index in [4.69, 9.17) is 4.74 Å². The van der Waals surface area contributed by atoms with Gasteiger partial charge in [0.1, 0.15) is 0 Å². The van der Waals surface area contributed by atoms with Crippen molar-refractivity contribution in [2.24, 2.45) is 28.6 Å². The minimum Gasteiger partial charge on any atom is -0.451 e. The lowest BCUT2D eigenvalue weighted by Crippen LogP contribution is -2.58. The van der Waals surface area contributed by atoms with Gasteiger partial charge in [0.05, 0.1) is 0 Å². The average molecular weight is 449 g/mol. The number of Topliss-reactive ketones (excluding diaryl/α,β-unsaturated/α-hetero) is 1. The molecule has 152 valence electrons. The fourth-order valence-corrected chi connectivity index (χ4v) is 8.01. The second-order valence-electron chi connectivity index (χ2n) is 9.72. The summed E-state index contributed by atoms with van der Waals surface area (Å²) in [5.41, 5.74) is -0.230. The molecule has 4 rings (SSSR count). The zero-order valence-corrected chi connectivity index (χ0v) is 18.7. The second kappa shape index (κ2) is 6.38. The van der Waals surface area contributed by atoms with E-state index in [1.165, 1.54) is 6.92 Å². The van der Waals surface area contributed by atoms with Crippen molar-refractivity contribution in [2.75, 3.05) is 0 Å². The summed E-state index contributed by atoms with van der Waals surface area (Å²) < 4.78 is 6.84. The van der Waals surface area contributed by atoms with Crippen molar-refractivity contribution in [3.8, 4) is 0 Å². The topological polar surface area (TPSA) is 60.4 Å². The van der Waals surface area contributed by atoms with Crippen LogP contribution in [0.3, 0.4) is 0 Å². The van der Waals surface area contributed by atoms with E-state index in [0.29, 0.717) is 24.7 Å². The minimum atomic E-state index is -1.01. The molecular formula is C23H29BrO4. The van der Waals surface area contributed by atoms with Gasteiger partial charge in [-0.15, -0.1) is 0 Å². The number of fused-ring (bicyclic) bond motifs is 5. The maximum Gasteiger partial charge on any atom is 0.303 e. The molecule has 0 aromatic heterocycles. The molecule has 0 aliphatic heterocycles. The van der Waals surface area contributed by atoms with Gasteiger partial charge in [-0.05, 0) is 73.8 Å². The smallest absolute Gasteiger partial charge is 0.303 e. The van der Waals surface area contributed by atoms with Crippen molar-refractivity contribution in [2.45, 2.75) is 71.8 Å². The molecule has 2 saturated carbocycles.